The molecule has 26 heavy (non-hydrogen) atoms. The number of piperazine rings is 1. The standard InChI is InChI=1S/C19H25F3N2O2/c1-26-17-8-3-2-7-15(17)16-12-23-9-10-24(16)18(25)13-5-4-6-14(11-13)19(20,21)22/h2-3,7-8,13-14,16,23H,4-6,9-12H2,1H3. The normalized spacial score (nSPS) is 27.2. The van der Waals surface area contributed by atoms with Crippen molar-refractivity contribution in [3.05, 3.63) is 29.8 Å². The van der Waals surface area contributed by atoms with E-state index in [0.717, 1.165) is 5.56 Å². The van der Waals surface area contributed by atoms with Crippen LogP contribution < -0.4 is 10.1 Å². The minimum atomic E-state index is -4.22. The molecule has 1 aromatic rings. The number of hydrogen-bond donors (Lipinski definition) is 1. The first kappa shape index (κ1) is 19.0. The molecule has 2 aliphatic rings. The summed E-state index contributed by atoms with van der Waals surface area (Å²) in [5.74, 6) is -1.38. The van der Waals surface area contributed by atoms with E-state index in [0.29, 0.717) is 38.2 Å². The summed E-state index contributed by atoms with van der Waals surface area (Å²) in [4.78, 5) is 14.8. The lowest BCUT2D eigenvalue weighted by Crippen LogP contribution is -2.51. The van der Waals surface area contributed by atoms with Crippen LogP contribution in [0.3, 0.4) is 0 Å². The number of nitrogens with zero attached hydrogens (tertiary/aromatic N) is 1. The van der Waals surface area contributed by atoms with E-state index in [1.165, 1.54) is 0 Å². The molecule has 2 fully saturated rings. The number of amides is 1. The number of para-hydroxylation sites is 1. The molecule has 1 saturated carbocycles. The molecule has 1 heterocycles. The molecular weight excluding hydrogens is 345 g/mol. The van der Waals surface area contributed by atoms with Crippen molar-refractivity contribution in [1.29, 1.82) is 0 Å². The zero-order valence-corrected chi connectivity index (χ0v) is 14.9. The van der Waals surface area contributed by atoms with Gasteiger partial charge in [0.2, 0.25) is 5.91 Å². The Hall–Kier alpha value is -1.76. The van der Waals surface area contributed by atoms with Crippen LogP contribution in [0.25, 0.3) is 0 Å². The Bertz CT molecular complexity index is 635. The molecule has 1 aliphatic carbocycles. The van der Waals surface area contributed by atoms with Gasteiger partial charge in [0.25, 0.3) is 0 Å². The number of alkyl halides is 3. The van der Waals surface area contributed by atoms with Crippen LogP contribution in [0.1, 0.15) is 37.3 Å². The molecule has 1 aliphatic heterocycles. The monoisotopic (exact) mass is 370 g/mol. The summed E-state index contributed by atoms with van der Waals surface area (Å²) in [6.45, 7) is 1.71. The summed E-state index contributed by atoms with van der Waals surface area (Å²) in [6.07, 6.45) is -3.19. The first-order chi connectivity index (χ1) is 12.4. The first-order valence-electron chi connectivity index (χ1n) is 9.12. The highest BCUT2D eigenvalue weighted by Crippen LogP contribution is 2.41. The van der Waals surface area contributed by atoms with Gasteiger partial charge in [-0.15, -0.1) is 0 Å². The minimum absolute atomic E-state index is 0.0924. The Morgan fingerprint density at radius 3 is 2.77 bits per heavy atom. The fourth-order valence-electron chi connectivity index (χ4n) is 4.13. The molecule has 1 saturated heterocycles. The first-order valence-corrected chi connectivity index (χ1v) is 9.12. The highest BCUT2D eigenvalue weighted by molar-refractivity contribution is 5.79. The van der Waals surface area contributed by atoms with Gasteiger partial charge in [-0.25, -0.2) is 0 Å². The number of carbonyl (C=O) groups is 1. The van der Waals surface area contributed by atoms with E-state index >= 15 is 0 Å². The van der Waals surface area contributed by atoms with Crippen molar-refractivity contribution < 1.29 is 22.7 Å². The fourth-order valence-corrected chi connectivity index (χ4v) is 4.13. The predicted octanol–water partition coefficient (Wildman–Crippen LogP) is 3.54. The van der Waals surface area contributed by atoms with Crippen molar-refractivity contribution >= 4 is 5.91 Å². The predicted molar refractivity (Wildman–Crippen MR) is 91.8 cm³/mol. The fraction of sp³-hybridized carbons (Fsp3) is 0.632. The molecule has 144 valence electrons. The average Bonchev–Trinajstić information content (AvgIpc) is 2.67. The van der Waals surface area contributed by atoms with Gasteiger partial charge < -0.3 is 15.0 Å². The molecule has 0 aromatic heterocycles. The Morgan fingerprint density at radius 1 is 1.27 bits per heavy atom. The lowest BCUT2D eigenvalue weighted by atomic mass is 9.80. The van der Waals surface area contributed by atoms with Crippen LogP contribution in [0.15, 0.2) is 24.3 Å². The van der Waals surface area contributed by atoms with Crippen molar-refractivity contribution in [3.8, 4) is 5.75 Å². The zero-order chi connectivity index (χ0) is 18.7. The Balaban J connectivity index is 1.80. The van der Waals surface area contributed by atoms with Gasteiger partial charge in [-0.2, -0.15) is 13.2 Å². The van der Waals surface area contributed by atoms with Gasteiger partial charge >= 0.3 is 6.18 Å². The van der Waals surface area contributed by atoms with E-state index in [4.69, 9.17) is 4.74 Å². The van der Waals surface area contributed by atoms with Gasteiger partial charge in [-0.1, -0.05) is 24.6 Å². The lowest BCUT2D eigenvalue weighted by Gasteiger charge is -2.40. The number of ether oxygens (including phenoxy) is 1. The zero-order valence-electron chi connectivity index (χ0n) is 14.9. The summed E-state index contributed by atoms with van der Waals surface area (Å²) >= 11 is 0. The molecule has 3 rings (SSSR count). The Morgan fingerprint density at radius 2 is 2.04 bits per heavy atom. The van der Waals surface area contributed by atoms with Crippen molar-refractivity contribution in [2.75, 3.05) is 26.7 Å². The summed E-state index contributed by atoms with van der Waals surface area (Å²) in [6, 6.07) is 7.27. The van der Waals surface area contributed by atoms with Crippen molar-refractivity contribution in [1.82, 2.24) is 10.2 Å². The second kappa shape index (κ2) is 7.86. The molecule has 3 unspecified atom stereocenters. The molecule has 3 atom stereocenters. The van der Waals surface area contributed by atoms with Crippen LogP contribution in [-0.4, -0.2) is 43.7 Å². The quantitative estimate of drug-likeness (QED) is 0.885. The van der Waals surface area contributed by atoms with Gasteiger partial charge in [0.1, 0.15) is 5.75 Å². The summed E-state index contributed by atoms with van der Waals surface area (Å²) in [5.41, 5.74) is 0.888. The van der Waals surface area contributed by atoms with E-state index in [-0.39, 0.29) is 24.8 Å². The van der Waals surface area contributed by atoms with Gasteiger partial charge in [-0.3, -0.25) is 4.79 Å². The van der Waals surface area contributed by atoms with Crippen LogP contribution in [0, 0.1) is 11.8 Å². The molecule has 0 radical (unpaired) electrons. The number of carbonyl (C=O) groups excluding carboxylic acids is 1. The van der Waals surface area contributed by atoms with Gasteiger partial charge in [0, 0.05) is 31.1 Å². The number of benzene rings is 1. The molecular formula is C19H25F3N2O2. The largest absolute Gasteiger partial charge is 0.496 e. The molecule has 1 amide bonds. The third-order valence-corrected chi connectivity index (χ3v) is 5.51. The minimum Gasteiger partial charge on any atom is -0.496 e. The van der Waals surface area contributed by atoms with Crippen LogP contribution in [0.5, 0.6) is 5.75 Å². The smallest absolute Gasteiger partial charge is 0.391 e. The second-order valence-electron chi connectivity index (χ2n) is 7.10. The van der Waals surface area contributed by atoms with E-state index in [9.17, 15) is 18.0 Å². The molecule has 7 heteroatoms. The topological polar surface area (TPSA) is 41.6 Å². The maximum atomic E-state index is 13.1. The SMILES string of the molecule is COc1ccccc1C1CNCCN1C(=O)C1CCCC(C(F)(F)F)C1. The molecule has 0 spiro atoms. The summed E-state index contributed by atoms with van der Waals surface area (Å²) < 4.78 is 44.7. The van der Waals surface area contributed by atoms with Gasteiger partial charge in [-0.05, 0) is 25.3 Å². The van der Waals surface area contributed by atoms with Gasteiger partial charge in [0.15, 0.2) is 0 Å². The van der Waals surface area contributed by atoms with Crippen molar-refractivity contribution in [2.24, 2.45) is 11.8 Å². The Labute approximate surface area is 151 Å². The van der Waals surface area contributed by atoms with Crippen LogP contribution in [-0.2, 0) is 4.79 Å². The summed E-state index contributed by atoms with van der Waals surface area (Å²) in [5, 5.41) is 3.28. The molecule has 4 nitrogen and oxygen atoms in total. The second-order valence-corrected chi connectivity index (χ2v) is 7.10. The number of halogens is 3. The maximum absolute atomic E-state index is 13.1. The maximum Gasteiger partial charge on any atom is 0.391 e. The molecule has 0 bridgehead atoms. The van der Waals surface area contributed by atoms with Crippen LogP contribution >= 0.6 is 0 Å². The highest BCUT2D eigenvalue weighted by atomic mass is 19.4. The third-order valence-electron chi connectivity index (χ3n) is 5.51. The van der Waals surface area contributed by atoms with E-state index in [1.54, 1.807) is 12.0 Å². The van der Waals surface area contributed by atoms with Crippen LogP contribution in [0.2, 0.25) is 0 Å². The number of hydrogen-bond acceptors (Lipinski definition) is 3. The van der Waals surface area contributed by atoms with Crippen LogP contribution in [0.4, 0.5) is 13.2 Å². The summed E-state index contributed by atoms with van der Waals surface area (Å²) in [7, 11) is 1.58. The molecule has 1 N–H and O–H groups in total. The van der Waals surface area contributed by atoms with E-state index in [1.807, 2.05) is 24.3 Å². The number of methoxy groups -OCH3 is 1. The van der Waals surface area contributed by atoms with E-state index < -0.39 is 18.0 Å². The third kappa shape index (κ3) is 3.98. The Kier molecular flexibility index (Phi) is 5.75. The van der Waals surface area contributed by atoms with Crippen molar-refractivity contribution in [3.63, 3.8) is 0 Å². The number of nitrogens with one attached hydrogen (secondary N) is 1. The average molecular weight is 370 g/mol. The number of rotatable bonds is 3. The lowest BCUT2D eigenvalue weighted by molar-refractivity contribution is -0.187. The highest BCUT2D eigenvalue weighted by Gasteiger charge is 2.45. The van der Waals surface area contributed by atoms with E-state index in [2.05, 4.69) is 5.32 Å². The van der Waals surface area contributed by atoms with Crippen molar-refractivity contribution in [2.45, 2.75) is 37.9 Å². The molecule has 1 aromatic carbocycles. The van der Waals surface area contributed by atoms with Gasteiger partial charge in [0.05, 0.1) is 19.1 Å².